The first-order chi connectivity index (χ1) is 9.13. The molecule has 3 aromatic rings. The first-order valence-corrected chi connectivity index (χ1v) is 6.84. The number of benzene rings is 2. The van der Waals surface area contributed by atoms with Gasteiger partial charge in [0.05, 0.1) is 10.2 Å². The summed E-state index contributed by atoms with van der Waals surface area (Å²) in [4.78, 5) is 4.46. The van der Waals surface area contributed by atoms with Crippen LogP contribution in [0.2, 0.25) is 0 Å². The van der Waals surface area contributed by atoms with Gasteiger partial charge in [-0.25, -0.2) is 9.37 Å². The summed E-state index contributed by atoms with van der Waals surface area (Å²) in [5.41, 5.74) is 4.30. The Morgan fingerprint density at radius 1 is 1.16 bits per heavy atom. The van der Waals surface area contributed by atoms with Gasteiger partial charge in [0.1, 0.15) is 5.82 Å². The predicted octanol–water partition coefficient (Wildman–Crippen LogP) is 4.80. The van der Waals surface area contributed by atoms with E-state index < -0.39 is 0 Å². The number of hydrogen-bond acceptors (Lipinski definition) is 3. The quantitative estimate of drug-likeness (QED) is 0.725. The molecule has 0 aliphatic rings. The lowest BCUT2D eigenvalue weighted by Gasteiger charge is -2.08. The Labute approximate surface area is 114 Å². The van der Waals surface area contributed by atoms with Crippen molar-refractivity contribution in [2.24, 2.45) is 0 Å². The standard InChI is InChI=1S/C15H13FN2S/c1-9-4-3-5-12(10(9)2)17-15-18-13-7-6-11(16)8-14(13)19-15/h3-8H,1-2H3,(H,17,18). The second-order valence-corrected chi connectivity index (χ2v) is 5.53. The van der Waals surface area contributed by atoms with E-state index in [4.69, 9.17) is 0 Å². The summed E-state index contributed by atoms with van der Waals surface area (Å²) >= 11 is 1.46. The number of nitrogens with one attached hydrogen (secondary N) is 1. The highest BCUT2D eigenvalue weighted by Crippen LogP contribution is 2.30. The van der Waals surface area contributed by atoms with Gasteiger partial charge in [-0.1, -0.05) is 23.5 Å². The van der Waals surface area contributed by atoms with Gasteiger partial charge >= 0.3 is 0 Å². The summed E-state index contributed by atoms with van der Waals surface area (Å²) in [6.07, 6.45) is 0. The maximum atomic E-state index is 13.1. The largest absolute Gasteiger partial charge is 0.331 e. The molecule has 0 unspecified atom stereocenters. The highest BCUT2D eigenvalue weighted by Gasteiger charge is 2.07. The maximum absolute atomic E-state index is 13.1. The van der Waals surface area contributed by atoms with Crippen LogP contribution in [-0.4, -0.2) is 4.98 Å². The van der Waals surface area contributed by atoms with E-state index in [9.17, 15) is 4.39 Å². The molecule has 1 N–H and O–H groups in total. The van der Waals surface area contributed by atoms with Gasteiger partial charge in [-0.15, -0.1) is 0 Å². The molecule has 0 atom stereocenters. The summed E-state index contributed by atoms with van der Waals surface area (Å²) in [7, 11) is 0. The van der Waals surface area contributed by atoms with Gasteiger partial charge in [0.2, 0.25) is 0 Å². The van der Waals surface area contributed by atoms with Gasteiger partial charge in [-0.2, -0.15) is 0 Å². The Morgan fingerprint density at radius 3 is 2.84 bits per heavy atom. The molecule has 0 aliphatic heterocycles. The second kappa shape index (κ2) is 4.63. The first-order valence-electron chi connectivity index (χ1n) is 6.03. The van der Waals surface area contributed by atoms with Crippen molar-refractivity contribution in [2.75, 3.05) is 5.32 Å². The minimum Gasteiger partial charge on any atom is -0.331 e. The fourth-order valence-electron chi connectivity index (χ4n) is 1.95. The summed E-state index contributed by atoms with van der Waals surface area (Å²) < 4.78 is 14.0. The lowest BCUT2D eigenvalue weighted by molar-refractivity contribution is 0.630. The Hall–Kier alpha value is -1.94. The number of fused-ring (bicyclic) bond motifs is 1. The molecule has 0 saturated carbocycles. The minimum absolute atomic E-state index is 0.227. The summed E-state index contributed by atoms with van der Waals surface area (Å²) in [5.74, 6) is -0.227. The van der Waals surface area contributed by atoms with Crippen molar-refractivity contribution in [1.82, 2.24) is 4.98 Å². The fraction of sp³-hybridized carbons (Fsp3) is 0.133. The normalized spacial score (nSPS) is 10.9. The Bertz CT molecular complexity index is 749. The number of hydrogen-bond donors (Lipinski definition) is 1. The third-order valence-electron chi connectivity index (χ3n) is 3.20. The van der Waals surface area contributed by atoms with Crippen molar-refractivity contribution in [3.63, 3.8) is 0 Å². The number of anilines is 2. The molecule has 0 saturated heterocycles. The molecule has 3 rings (SSSR count). The molecule has 2 aromatic carbocycles. The van der Waals surface area contributed by atoms with Crippen LogP contribution in [-0.2, 0) is 0 Å². The van der Waals surface area contributed by atoms with Gasteiger partial charge in [-0.3, -0.25) is 0 Å². The molecule has 0 aliphatic carbocycles. The molecule has 1 heterocycles. The lowest BCUT2D eigenvalue weighted by Crippen LogP contribution is -1.93. The summed E-state index contributed by atoms with van der Waals surface area (Å²) in [6.45, 7) is 4.15. The number of rotatable bonds is 2. The Kier molecular flexibility index (Phi) is 2.95. The van der Waals surface area contributed by atoms with E-state index in [0.717, 1.165) is 21.0 Å². The van der Waals surface area contributed by atoms with E-state index in [1.54, 1.807) is 6.07 Å². The first kappa shape index (κ1) is 12.1. The van der Waals surface area contributed by atoms with Crippen molar-refractivity contribution in [1.29, 1.82) is 0 Å². The average Bonchev–Trinajstić information content (AvgIpc) is 2.76. The van der Waals surface area contributed by atoms with Gasteiger partial charge in [0, 0.05) is 5.69 Å². The van der Waals surface area contributed by atoms with Crippen LogP contribution in [0.5, 0.6) is 0 Å². The number of aryl methyl sites for hydroxylation is 1. The topological polar surface area (TPSA) is 24.9 Å². The van der Waals surface area contributed by atoms with Crippen LogP contribution in [0.1, 0.15) is 11.1 Å². The monoisotopic (exact) mass is 272 g/mol. The number of halogens is 1. The van der Waals surface area contributed by atoms with Crippen molar-refractivity contribution in [2.45, 2.75) is 13.8 Å². The van der Waals surface area contributed by atoms with Crippen LogP contribution in [0.4, 0.5) is 15.2 Å². The van der Waals surface area contributed by atoms with E-state index in [-0.39, 0.29) is 5.82 Å². The van der Waals surface area contributed by atoms with Crippen LogP contribution in [0.25, 0.3) is 10.2 Å². The van der Waals surface area contributed by atoms with Crippen LogP contribution in [0.15, 0.2) is 36.4 Å². The SMILES string of the molecule is Cc1cccc(Nc2nc3ccc(F)cc3s2)c1C. The third-order valence-corrected chi connectivity index (χ3v) is 4.13. The highest BCUT2D eigenvalue weighted by atomic mass is 32.1. The maximum Gasteiger partial charge on any atom is 0.188 e. The Balaban J connectivity index is 1.99. The number of nitrogens with zero attached hydrogens (tertiary/aromatic N) is 1. The molecule has 0 amide bonds. The number of aromatic nitrogens is 1. The van der Waals surface area contributed by atoms with Crippen LogP contribution in [0, 0.1) is 19.7 Å². The van der Waals surface area contributed by atoms with E-state index in [2.05, 4.69) is 30.2 Å². The van der Waals surface area contributed by atoms with Gasteiger partial charge in [0.15, 0.2) is 5.13 Å². The molecule has 19 heavy (non-hydrogen) atoms. The minimum atomic E-state index is -0.227. The highest BCUT2D eigenvalue weighted by molar-refractivity contribution is 7.22. The summed E-state index contributed by atoms with van der Waals surface area (Å²) in [6, 6.07) is 10.8. The van der Waals surface area contributed by atoms with Crippen molar-refractivity contribution in [3.8, 4) is 0 Å². The molecule has 0 bridgehead atoms. The molecule has 2 nitrogen and oxygen atoms in total. The molecule has 0 radical (unpaired) electrons. The fourth-order valence-corrected chi connectivity index (χ4v) is 2.86. The summed E-state index contributed by atoms with van der Waals surface area (Å²) in [5, 5.41) is 4.09. The van der Waals surface area contributed by atoms with E-state index >= 15 is 0 Å². The zero-order valence-electron chi connectivity index (χ0n) is 10.7. The Morgan fingerprint density at radius 2 is 2.00 bits per heavy atom. The van der Waals surface area contributed by atoms with Crippen molar-refractivity contribution < 1.29 is 4.39 Å². The molecular formula is C15H13FN2S. The van der Waals surface area contributed by atoms with Crippen LogP contribution >= 0.6 is 11.3 Å². The van der Waals surface area contributed by atoms with Crippen molar-refractivity contribution in [3.05, 3.63) is 53.3 Å². The zero-order valence-corrected chi connectivity index (χ0v) is 11.5. The van der Waals surface area contributed by atoms with Gasteiger partial charge < -0.3 is 5.32 Å². The number of thiazole rings is 1. The molecule has 96 valence electrons. The lowest BCUT2D eigenvalue weighted by atomic mass is 10.1. The van der Waals surface area contributed by atoms with Crippen LogP contribution < -0.4 is 5.32 Å². The zero-order chi connectivity index (χ0) is 13.4. The molecule has 0 spiro atoms. The van der Waals surface area contributed by atoms with Crippen LogP contribution in [0.3, 0.4) is 0 Å². The van der Waals surface area contributed by atoms with Gasteiger partial charge in [-0.05, 0) is 49.2 Å². The molecular weight excluding hydrogens is 259 g/mol. The van der Waals surface area contributed by atoms with E-state index in [1.165, 1.54) is 34.6 Å². The smallest absolute Gasteiger partial charge is 0.188 e. The molecule has 4 heteroatoms. The average molecular weight is 272 g/mol. The van der Waals surface area contributed by atoms with Gasteiger partial charge in [0.25, 0.3) is 0 Å². The molecule has 0 fully saturated rings. The third kappa shape index (κ3) is 2.31. The van der Waals surface area contributed by atoms with Crippen molar-refractivity contribution >= 4 is 32.4 Å². The van der Waals surface area contributed by atoms with E-state index in [1.807, 2.05) is 12.1 Å². The predicted molar refractivity (Wildman–Crippen MR) is 78.8 cm³/mol. The molecule has 1 aromatic heterocycles. The van der Waals surface area contributed by atoms with E-state index in [0.29, 0.717) is 0 Å². The second-order valence-electron chi connectivity index (χ2n) is 4.50.